The van der Waals surface area contributed by atoms with E-state index in [0.29, 0.717) is 43.1 Å². The van der Waals surface area contributed by atoms with Gasteiger partial charge in [0.15, 0.2) is 11.5 Å². The Bertz CT molecular complexity index is 673. The molecule has 2 saturated carbocycles. The van der Waals surface area contributed by atoms with Crippen molar-refractivity contribution >= 4 is 10.0 Å². The molecule has 120 valence electrons. The Kier molecular flexibility index (Phi) is 3.53. The summed E-state index contributed by atoms with van der Waals surface area (Å²) in [5, 5.41) is 0. The molecule has 1 aromatic rings. The van der Waals surface area contributed by atoms with E-state index < -0.39 is 10.0 Å². The van der Waals surface area contributed by atoms with Crippen LogP contribution in [0.2, 0.25) is 0 Å². The molecule has 2 fully saturated rings. The van der Waals surface area contributed by atoms with E-state index in [4.69, 9.17) is 9.47 Å². The molecule has 1 heterocycles. The van der Waals surface area contributed by atoms with E-state index >= 15 is 0 Å². The minimum atomic E-state index is -3.48. The van der Waals surface area contributed by atoms with Crippen molar-refractivity contribution in [2.75, 3.05) is 19.8 Å². The molecule has 0 radical (unpaired) electrons. The first-order chi connectivity index (χ1) is 10.6. The van der Waals surface area contributed by atoms with Gasteiger partial charge in [0.2, 0.25) is 10.0 Å². The zero-order valence-electron chi connectivity index (χ0n) is 12.5. The highest BCUT2D eigenvalue weighted by atomic mass is 32.2. The van der Waals surface area contributed by atoms with Crippen molar-refractivity contribution in [1.82, 2.24) is 4.72 Å². The summed E-state index contributed by atoms with van der Waals surface area (Å²) in [4.78, 5) is 0.250. The molecule has 3 aliphatic rings. The molecule has 3 unspecified atom stereocenters. The van der Waals surface area contributed by atoms with E-state index in [9.17, 15) is 8.42 Å². The van der Waals surface area contributed by atoms with Crippen molar-refractivity contribution in [3.63, 3.8) is 0 Å². The molecule has 0 saturated heterocycles. The van der Waals surface area contributed by atoms with E-state index in [1.807, 2.05) is 0 Å². The van der Waals surface area contributed by atoms with Gasteiger partial charge in [0, 0.05) is 12.6 Å². The molecule has 22 heavy (non-hydrogen) atoms. The van der Waals surface area contributed by atoms with Crippen LogP contribution in [0.3, 0.4) is 0 Å². The highest BCUT2D eigenvalue weighted by molar-refractivity contribution is 7.89. The lowest BCUT2D eigenvalue weighted by Crippen LogP contribution is -2.31. The summed E-state index contributed by atoms with van der Waals surface area (Å²) in [6.07, 6.45) is 5.06. The van der Waals surface area contributed by atoms with Gasteiger partial charge in [-0.25, -0.2) is 13.1 Å². The molecule has 4 rings (SSSR count). The second kappa shape index (κ2) is 5.42. The van der Waals surface area contributed by atoms with Crippen LogP contribution in [0.15, 0.2) is 23.1 Å². The Balaban J connectivity index is 1.46. The first kappa shape index (κ1) is 14.3. The first-order valence-electron chi connectivity index (χ1n) is 8.01. The minimum absolute atomic E-state index is 0.250. The fourth-order valence-corrected chi connectivity index (χ4v) is 5.23. The monoisotopic (exact) mass is 323 g/mol. The molecular formula is C16H21NO4S. The quantitative estimate of drug-likeness (QED) is 0.922. The van der Waals surface area contributed by atoms with Crippen LogP contribution >= 0.6 is 0 Å². The fraction of sp³-hybridized carbons (Fsp3) is 0.625. The number of benzene rings is 1. The van der Waals surface area contributed by atoms with Crippen molar-refractivity contribution in [3.05, 3.63) is 18.2 Å². The van der Waals surface area contributed by atoms with Crippen molar-refractivity contribution in [2.24, 2.45) is 17.8 Å². The second-order valence-corrected chi connectivity index (χ2v) is 8.36. The lowest BCUT2D eigenvalue weighted by atomic mass is 9.89. The maximum absolute atomic E-state index is 12.5. The van der Waals surface area contributed by atoms with Crippen LogP contribution in [0.1, 0.15) is 25.7 Å². The van der Waals surface area contributed by atoms with Gasteiger partial charge in [-0.05, 0) is 49.1 Å². The van der Waals surface area contributed by atoms with Crippen molar-refractivity contribution in [2.45, 2.75) is 30.6 Å². The van der Waals surface area contributed by atoms with Crippen molar-refractivity contribution in [3.8, 4) is 11.5 Å². The van der Waals surface area contributed by atoms with Crippen molar-refractivity contribution in [1.29, 1.82) is 0 Å². The summed E-state index contributed by atoms with van der Waals surface area (Å²) < 4.78 is 38.6. The van der Waals surface area contributed by atoms with E-state index in [1.54, 1.807) is 18.2 Å². The largest absolute Gasteiger partial charge is 0.486 e. The molecule has 3 atom stereocenters. The fourth-order valence-electron chi connectivity index (χ4n) is 4.12. The minimum Gasteiger partial charge on any atom is -0.486 e. The van der Waals surface area contributed by atoms with E-state index in [0.717, 1.165) is 5.92 Å². The zero-order valence-corrected chi connectivity index (χ0v) is 13.3. The molecule has 0 amide bonds. The van der Waals surface area contributed by atoms with Crippen LogP contribution in [0.4, 0.5) is 0 Å². The third kappa shape index (κ3) is 2.58. The SMILES string of the molecule is O=S(=O)(NCC1CC2CCC1C2)c1ccc2c(c1)OCCO2. The van der Waals surface area contributed by atoms with E-state index in [-0.39, 0.29) is 4.90 Å². The number of hydrogen-bond acceptors (Lipinski definition) is 4. The van der Waals surface area contributed by atoms with Gasteiger partial charge in [0.25, 0.3) is 0 Å². The van der Waals surface area contributed by atoms with Crippen molar-refractivity contribution < 1.29 is 17.9 Å². The van der Waals surface area contributed by atoms with Crippen LogP contribution in [0, 0.1) is 17.8 Å². The van der Waals surface area contributed by atoms with Crippen LogP contribution in [-0.4, -0.2) is 28.2 Å². The Hall–Kier alpha value is -1.27. The molecule has 0 aromatic heterocycles. The van der Waals surface area contributed by atoms with E-state index in [2.05, 4.69) is 4.72 Å². The summed E-state index contributed by atoms with van der Waals surface area (Å²) in [5.41, 5.74) is 0. The summed E-state index contributed by atoms with van der Waals surface area (Å²) in [7, 11) is -3.48. The molecule has 1 N–H and O–H groups in total. The Morgan fingerprint density at radius 2 is 1.91 bits per heavy atom. The lowest BCUT2D eigenvalue weighted by molar-refractivity contribution is 0.171. The van der Waals surface area contributed by atoms with Gasteiger partial charge in [0.05, 0.1) is 4.90 Å². The topological polar surface area (TPSA) is 64.6 Å². The Labute approximate surface area is 131 Å². The van der Waals surface area contributed by atoms with Crippen LogP contribution in [-0.2, 0) is 10.0 Å². The average molecular weight is 323 g/mol. The lowest BCUT2D eigenvalue weighted by Gasteiger charge is -2.22. The summed E-state index contributed by atoms with van der Waals surface area (Å²) in [6.45, 7) is 1.51. The third-order valence-corrected chi connectivity index (χ3v) is 6.67. The molecule has 5 nitrogen and oxygen atoms in total. The average Bonchev–Trinajstić information content (AvgIpc) is 3.15. The maximum Gasteiger partial charge on any atom is 0.240 e. The van der Waals surface area contributed by atoms with Crippen LogP contribution in [0.5, 0.6) is 11.5 Å². The molecule has 1 aromatic carbocycles. The number of nitrogens with one attached hydrogen (secondary N) is 1. The molecule has 1 aliphatic heterocycles. The number of ether oxygens (including phenoxy) is 2. The highest BCUT2D eigenvalue weighted by Gasteiger charge is 2.39. The normalized spacial score (nSPS) is 29.7. The highest BCUT2D eigenvalue weighted by Crippen LogP contribution is 2.48. The maximum atomic E-state index is 12.5. The third-order valence-electron chi connectivity index (χ3n) is 5.24. The number of hydrogen-bond donors (Lipinski definition) is 1. The first-order valence-corrected chi connectivity index (χ1v) is 9.49. The predicted octanol–water partition coefficient (Wildman–Crippen LogP) is 2.17. The molecule has 6 heteroatoms. The number of sulfonamides is 1. The Morgan fingerprint density at radius 3 is 2.64 bits per heavy atom. The molecule has 0 spiro atoms. The predicted molar refractivity (Wildman–Crippen MR) is 81.6 cm³/mol. The summed E-state index contributed by atoms with van der Waals surface area (Å²) in [5.74, 6) is 3.17. The van der Waals surface area contributed by atoms with Gasteiger partial charge in [-0.1, -0.05) is 6.42 Å². The zero-order chi connectivity index (χ0) is 15.2. The van der Waals surface area contributed by atoms with Gasteiger partial charge in [-0.15, -0.1) is 0 Å². The molecular weight excluding hydrogens is 302 g/mol. The van der Waals surface area contributed by atoms with Gasteiger partial charge in [-0.3, -0.25) is 0 Å². The smallest absolute Gasteiger partial charge is 0.240 e. The summed E-state index contributed by atoms with van der Waals surface area (Å²) >= 11 is 0. The molecule has 2 aliphatic carbocycles. The Morgan fingerprint density at radius 1 is 1.09 bits per heavy atom. The second-order valence-electron chi connectivity index (χ2n) is 6.59. The standard InChI is InChI=1S/C16H21NO4S/c18-22(19,17-10-13-8-11-1-2-12(13)7-11)14-3-4-15-16(9-14)21-6-5-20-15/h3-4,9,11-13,17H,1-2,5-8,10H2. The number of fused-ring (bicyclic) bond motifs is 3. The molecule has 2 bridgehead atoms. The number of rotatable bonds is 4. The van der Waals surface area contributed by atoms with Crippen LogP contribution in [0.25, 0.3) is 0 Å². The summed E-state index contributed by atoms with van der Waals surface area (Å²) in [6, 6.07) is 4.80. The van der Waals surface area contributed by atoms with Crippen LogP contribution < -0.4 is 14.2 Å². The van der Waals surface area contributed by atoms with Gasteiger partial charge >= 0.3 is 0 Å². The van der Waals surface area contributed by atoms with Gasteiger partial charge < -0.3 is 9.47 Å². The van der Waals surface area contributed by atoms with Gasteiger partial charge in [-0.2, -0.15) is 0 Å². The van der Waals surface area contributed by atoms with E-state index in [1.165, 1.54) is 25.7 Å². The van der Waals surface area contributed by atoms with Gasteiger partial charge in [0.1, 0.15) is 13.2 Å².